The third-order valence-corrected chi connectivity index (χ3v) is 7.96. The zero-order chi connectivity index (χ0) is 24.5. The highest BCUT2D eigenvalue weighted by molar-refractivity contribution is 5.80. The number of carbonyl (C=O) groups is 3. The Morgan fingerprint density at radius 1 is 1.00 bits per heavy atom. The minimum atomic E-state index is -0.815. The SMILES string of the molecule is CC1CN(C(=O)[C@H]2CC[C@@H](NC(=O)OCC3c4ccccc4-c4ccccc43)C2)CC1CC(=O)O. The molecule has 0 aromatic heterocycles. The lowest BCUT2D eigenvalue weighted by atomic mass is 9.95. The van der Waals surface area contributed by atoms with Gasteiger partial charge >= 0.3 is 12.1 Å². The third kappa shape index (κ3) is 4.77. The summed E-state index contributed by atoms with van der Waals surface area (Å²) in [5.74, 6) is -0.656. The maximum Gasteiger partial charge on any atom is 0.407 e. The van der Waals surface area contributed by atoms with Gasteiger partial charge in [0.1, 0.15) is 6.61 Å². The van der Waals surface area contributed by atoms with Crippen LogP contribution >= 0.6 is 0 Å². The smallest absolute Gasteiger partial charge is 0.407 e. The van der Waals surface area contributed by atoms with E-state index in [9.17, 15) is 14.4 Å². The highest BCUT2D eigenvalue weighted by Crippen LogP contribution is 2.44. The number of rotatable bonds is 6. The number of benzene rings is 2. The zero-order valence-electron chi connectivity index (χ0n) is 20.0. The van der Waals surface area contributed by atoms with Gasteiger partial charge in [0.25, 0.3) is 0 Å². The second-order valence-electron chi connectivity index (χ2n) is 10.3. The van der Waals surface area contributed by atoms with Crippen LogP contribution in [0.25, 0.3) is 11.1 Å². The van der Waals surface area contributed by atoms with Gasteiger partial charge in [0, 0.05) is 31.0 Å². The van der Waals surface area contributed by atoms with Crippen molar-refractivity contribution in [1.82, 2.24) is 10.2 Å². The Bertz CT molecular complexity index is 1090. The molecule has 7 nitrogen and oxygen atoms in total. The average molecular weight is 477 g/mol. The van der Waals surface area contributed by atoms with Crippen LogP contribution in [0.15, 0.2) is 48.5 Å². The Kier molecular flexibility index (Phi) is 6.50. The van der Waals surface area contributed by atoms with Crippen molar-refractivity contribution in [1.29, 1.82) is 0 Å². The summed E-state index contributed by atoms with van der Waals surface area (Å²) in [7, 11) is 0. The fourth-order valence-electron chi connectivity index (χ4n) is 6.11. The highest BCUT2D eigenvalue weighted by Gasteiger charge is 2.39. The largest absolute Gasteiger partial charge is 0.481 e. The molecule has 1 saturated heterocycles. The predicted octanol–water partition coefficient (Wildman–Crippen LogP) is 4.26. The first kappa shape index (κ1) is 23.4. The van der Waals surface area contributed by atoms with Gasteiger partial charge in [-0.1, -0.05) is 55.5 Å². The lowest BCUT2D eigenvalue weighted by molar-refractivity contribution is -0.139. The first-order valence-electron chi connectivity index (χ1n) is 12.5. The van der Waals surface area contributed by atoms with Crippen molar-refractivity contribution < 1.29 is 24.2 Å². The minimum absolute atomic E-state index is 0.00704. The number of likely N-dealkylation sites (tertiary alicyclic amines) is 1. The molecule has 5 rings (SSSR count). The van der Waals surface area contributed by atoms with Gasteiger partial charge in [0.15, 0.2) is 0 Å². The van der Waals surface area contributed by atoms with Crippen LogP contribution in [0.3, 0.4) is 0 Å². The summed E-state index contributed by atoms with van der Waals surface area (Å²) in [6, 6.07) is 16.4. The van der Waals surface area contributed by atoms with Gasteiger partial charge in [-0.15, -0.1) is 0 Å². The molecular weight excluding hydrogens is 444 g/mol. The van der Waals surface area contributed by atoms with E-state index in [1.54, 1.807) is 0 Å². The van der Waals surface area contributed by atoms with Crippen LogP contribution in [-0.4, -0.2) is 53.7 Å². The molecule has 0 radical (unpaired) electrons. The topological polar surface area (TPSA) is 95.9 Å². The molecule has 1 heterocycles. The standard InChI is InChI=1S/C28H32N2O5/c1-17-14-30(15-19(17)13-26(31)32)27(33)18-10-11-20(12-18)29-28(34)35-16-25-23-8-4-2-6-21(23)22-7-3-5-9-24(22)25/h2-9,17-20,25H,10-16H2,1H3,(H,29,34)(H,31,32)/t17?,18-,19?,20+/m0/s1. The molecule has 3 aliphatic rings. The van der Waals surface area contributed by atoms with Crippen molar-refractivity contribution in [2.75, 3.05) is 19.7 Å². The maximum atomic E-state index is 13.0. The number of amides is 2. The van der Waals surface area contributed by atoms with Crippen LogP contribution in [0.5, 0.6) is 0 Å². The zero-order valence-corrected chi connectivity index (χ0v) is 20.0. The number of carbonyl (C=O) groups excluding carboxylic acids is 2. The molecule has 2 unspecified atom stereocenters. The van der Waals surface area contributed by atoms with E-state index in [0.717, 1.165) is 12.8 Å². The molecule has 0 bridgehead atoms. The number of fused-ring (bicyclic) bond motifs is 3. The molecule has 2 amide bonds. The van der Waals surface area contributed by atoms with E-state index >= 15 is 0 Å². The van der Waals surface area contributed by atoms with E-state index in [0.29, 0.717) is 19.5 Å². The molecule has 2 fully saturated rings. The number of carboxylic acids is 1. The van der Waals surface area contributed by atoms with E-state index in [2.05, 4.69) is 29.6 Å². The fourth-order valence-corrected chi connectivity index (χ4v) is 6.11. The van der Waals surface area contributed by atoms with Crippen molar-refractivity contribution in [2.45, 2.75) is 44.6 Å². The van der Waals surface area contributed by atoms with E-state index in [-0.39, 0.29) is 48.6 Å². The van der Waals surface area contributed by atoms with Gasteiger partial charge in [0.2, 0.25) is 5.91 Å². The molecular formula is C28H32N2O5. The summed E-state index contributed by atoms with van der Waals surface area (Å²) in [6.45, 7) is 3.40. The fraction of sp³-hybridized carbons (Fsp3) is 0.464. The van der Waals surface area contributed by atoms with Crippen molar-refractivity contribution in [3.8, 4) is 11.1 Å². The molecule has 184 valence electrons. The van der Waals surface area contributed by atoms with Crippen LogP contribution < -0.4 is 5.32 Å². The molecule has 0 spiro atoms. The summed E-state index contributed by atoms with van der Waals surface area (Å²) >= 11 is 0. The number of aliphatic carboxylic acids is 1. The molecule has 2 aromatic rings. The lowest BCUT2D eigenvalue weighted by Crippen LogP contribution is -2.37. The molecule has 1 aliphatic heterocycles. The predicted molar refractivity (Wildman–Crippen MR) is 131 cm³/mol. The Hall–Kier alpha value is -3.35. The third-order valence-electron chi connectivity index (χ3n) is 7.96. The van der Waals surface area contributed by atoms with Crippen molar-refractivity contribution in [2.24, 2.45) is 17.8 Å². The van der Waals surface area contributed by atoms with Gasteiger partial charge in [-0.2, -0.15) is 0 Å². The first-order valence-corrected chi connectivity index (χ1v) is 12.5. The normalized spacial score (nSPS) is 25.2. The summed E-state index contributed by atoms with van der Waals surface area (Å²) in [5.41, 5.74) is 4.73. The second kappa shape index (κ2) is 9.72. The molecule has 2 aromatic carbocycles. The van der Waals surface area contributed by atoms with Crippen molar-refractivity contribution >= 4 is 18.0 Å². The van der Waals surface area contributed by atoms with Crippen LogP contribution in [0.1, 0.15) is 49.7 Å². The molecule has 1 saturated carbocycles. The Balaban J connectivity index is 1.13. The Morgan fingerprint density at radius 3 is 2.31 bits per heavy atom. The van der Waals surface area contributed by atoms with Gasteiger partial charge in [-0.25, -0.2) is 4.79 Å². The second-order valence-corrected chi connectivity index (χ2v) is 10.3. The molecule has 2 aliphatic carbocycles. The van der Waals surface area contributed by atoms with Gasteiger partial charge in [-0.05, 0) is 53.4 Å². The van der Waals surface area contributed by atoms with Crippen molar-refractivity contribution in [3.63, 3.8) is 0 Å². The van der Waals surface area contributed by atoms with E-state index in [4.69, 9.17) is 9.84 Å². The van der Waals surface area contributed by atoms with Gasteiger partial charge in [-0.3, -0.25) is 9.59 Å². The maximum absolute atomic E-state index is 13.0. The molecule has 2 N–H and O–H groups in total. The van der Waals surface area contributed by atoms with E-state index in [1.165, 1.54) is 22.3 Å². The number of nitrogens with zero attached hydrogens (tertiary/aromatic N) is 1. The Labute approximate surface area is 205 Å². The number of carboxylic acid groups (broad SMARTS) is 1. The number of hydrogen-bond acceptors (Lipinski definition) is 4. The number of nitrogens with one attached hydrogen (secondary N) is 1. The molecule has 35 heavy (non-hydrogen) atoms. The quantitative estimate of drug-likeness (QED) is 0.649. The summed E-state index contributed by atoms with van der Waals surface area (Å²) in [4.78, 5) is 38.5. The summed E-state index contributed by atoms with van der Waals surface area (Å²) in [6.07, 6.45) is 1.71. The average Bonchev–Trinajstić information content (AvgIpc) is 3.53. The van der Waals surface area contributed by atoms with E-state index < -0.39 is 12.1 Å². The molecule has 4 atom stereocenters. The van der Waals surface area contributed by atoms with Gasteiger partial charge < -0.3 is 20.1 Å². The van der Waals surface area contributed by atoms with E-state index in [1.807, 2.05) is 36.1 Å². The number of hydrogen-bond donors (Lipinski definition) is 2. The summed E-state index contributed by atoms with van der Waals surface area (Å²) < 4.78 is 5.66. The summed E-state index contributed by atoms with van der Waals surface area (Å²) in [5, 5.41) is 12.1. The molecule has 7 heteroatoms. The highest BCUT2D eigenvalue weighted by atomic mass is 16.5. The lowest BCUT2D eigenvalue weighted by Gasteiger charge is -2.21. The van der Waals surface area contributed by atoms with Crippen molar-refractivity contribution in [3.05, 3.63) is 59.7 Å². The minimum Gasteiger partial charge on any atom is -0.481 e. The monoisotopic (exact) mass is 476 g/mol. The first-order chi connectivity index (χ1) is 16.9. The number of alkyl carbamates (subject to hydrolysis) is 1. The van der Waals surface area contributed by atoms with Gasteiger partial charge in [0.05, 0.1) is 6.42 Å². The number of ether oxygens (including phenoxy) is 1. The Morgan fingerprint density at radius 2 is 1.66 bits per heavy atom. The van der Waals surface area contributed by atoms with Crippen LogP contribution in [0.2, 0.25) is 0 Å². The van der Waals surface area contributed by atoms with Crippen LogP contribution in [0, 0.1) is 17.8 Å². The van der Waals surface area contributed by atoms with Crippen LogP contribution in [0.4, 0.5) is 4.79 Å². The van der Waals surface area contributed by atoms with Crippen LogP contribution in [-0.2, 0) is 14.3 Å².